The molecular formula is C98H98. The smallest absolute Gasteiger partial charge is 0.0125 e. The Hall–Kier alpha value is -10.9. The van der Waals surface area contributed by atoms with Crippen LogP contribution in [-0.2, 0) is 0 Å². The molecule has 14 aromatic rings. The van der Waals surface area contributed by atoms with Crippen LogP contribution in [0.5, 0.6) is 0 Å². The topological polar surface area (TPSA) is 0 Å². The van der Waals surface area contributed by atoms with Crippen LogP contribution in [0.2, 0.25) is 0 Å². The van der Waals surface area contributed by atoms with Crippen molar-refractivity contribution in [2.24, 2.45) is 0 Å². The lowest BCUT2D eigenvalue weighted by Gasteiger charge is -2.09. The Morgan fingerprint density at radius 3 is 0.867 bits per heavy atom. The normalized spacial score (nSPS) is 10.1. The van der Waals surface area contributed by atoms with Crippen LogP contribution < -0.4 is 0 Å². The SMILES string of the molecule is Cc1cc(C)cc(-c2ccccc2)c1.Cc1ccc(-c2ccccc2)c(C)c1.Cc1ccc(-c2ccccc2)cc1C.Cc1cccc(-c2cccc(C)c2)c1.Cc1cccc(-c2ccccc2C)c1.Cc1cccc(C)c1-c1ccccc1.Cc1ccccc1-c1ccccc1C. The molecule has 14 rings (SSSR count). The molecule has 0 bridgehead atoms. The predicted octanol–water partition coefficient (Wildman–Crippen LogP) is 27.8. The van der Waals surface area contributed by atoms with Crippen LogP contribution in [0.3, 0.4) is 0 Å². The molecule has 0 spiro atoms. The zero-order chi connectivity index (χ0) is 69.8. The summed E-state index contributed by atoms with van der Waals surface area (Å²) < 4.78 is 0. The minimum atomic E-state index is 1.29. The lowest BCUT2D eigenvalue weighted by molar-refractivity contribution is 1.34. The first kappa shape index (κ1) is 72.9. The molecule has 0 amide bonds. The van der Waals surface area contributed by atoms with Crippen molar-refractivity contribution in [2.75, 3.05) is 0 Å². The summed E-state index contributed by atoms with van der Waals surface area (Å²) in [7, 11) is 0. The molecule has 14 aromatic carbocycles. The molecule has 0 fully saturated rings. The number of hydrogen-bond acceptors (Lipinski definition) is 0. The molecule has 0 aromatic heterocycles. The van der Waals surface area contributed by atoms with Crippen molar-refractivity contribution in [2.45, 2.75) is 96.9 Å². The molecule has 98 heavy (non-hydrogen) atoms. The summed E-state index contributed by atoms with van der Waals surface area (Å²) in [5, 5.41) is 0. The Balaban J connectivity index is 0.000000146. The van der Waals surface area contributed by atoms with Gasteiger partial charge in [-0.2, -0.15) is 0 Å². The second-order valence-corrected chi connectivity index (χ2v) is 25.8. The first-order chi connectivity index (χ1) is 47.4. The minimum absolute atomic E-state index is 1.29. The Labute approximate surface area is 588 Å². The molecule has 0 heteroatoms. The zero-order valence-corrected chi connectivity index (χ0v) is 60.3. The maximum atomic E-state index is 2.24. The highest BCUT2D eigenvalue weighted by atomic mass is 14.1. The number of rotatable bonds is 7. The summed E-state index contributed by atoms with van der Waals surface area (Å²) in [6.07, 6.45) is 0. The summed E-state index contributed by atoms with van der Waals surface area (Å²) >= 11 is 0. The van der Waals surface area contributed by atoms with E-state index in [0.29, 0.717) is 0 Å². The third-order valence-corrected chi connectivity index (χ3v) is 17.4. The molecule has 0 unspecified atom stereocenters. The van der Waals surface area contributed by atoms with Crippen LogP contribution in [0.25, 0.3) is 77.9 Å². The molecule has 0 N–H and O–H groups in total. The van der Waals surface area contributed by atoms with Crippen molar-refractivity contribution >= 4 is 0 Å². The van der Waals surface area contributed by atoms with Gasteiger partial charge in [-0.05, 0) is 219 Å². The first-order valence-electron chi connectivity index (χ1n) is 34.3. The third kappa shape index (κ3) is 22.3. The molecule has 0 aliphatic heterocycles. The maximum Gasteiger partial charge on any atom is -0.0125 e. The average molecular weight is 1280 g/mol. The Bertz CT molecular complexity index is 4610. The number of hydrogen-bond donors (Lipinski definition) is 0. The molecule has 0 saturated heterocycles. The van der Waals surface area contributed by atoms with Crippen LogP contribution in [0.4, 0.5) is 0 Å². The Kier molecular flexibility index (Phi) is 27.8. The van der Waals surface area contributed by atoms with Crippen LogP contribution in [0, 0.1) is 96.9 Å². The highest BCUT2D eigenvalue weighted by Gasteiger charge is 2.07. The fourth-order valence-corrected chi connectivity index (χ4v) is 12.1. The summed E-state index contributed by atoms with van der Waals surface area (Å²) in [4.78, 5) is 0. The predicted molar refractivity (Wildman–Crippen MR) is 429 cm³/mol. The van der Waals surface area contributed by atoms with E-state index in [4.69, 9.17) is 0 Å². The van der Waals surface area contributed by atoms with Gasteiger partial charge in [0, 0.05) is 0 Å². The summed E-state index contributed by atoms with van der Waals surface area (Å²) in [5.41, 5.74) is 37.0. The second kappa shape index (κ2) is 37.4. The van der Waals surface area contributed by atoms with Gasteiger partial charge in [0.15, 0.2) is 0 Å². The molecule has 0 aliphatic carbocycles. The van der Waals surface area contributed by atoms with Gasteiger partial charge in [0.1, 0.15) is 0 Å². The zero-order valence-electron chi connectivity index (χ0n) is 60.3. The van der Waals surface area contributed by atoms with E-state index in [1.807, 2.05) is 18.2 Å². The summed E-state index contributed by atoms with van der Waals surface area (Å²) in [6.45, 7) is 30.0. The van der Waals surface area contributed by atoms with E-state index in [1.54, 1.807) is 0 Å². The van der Waals surface area contributed by atoms with E-state index < -0.39 is 0 Å². The highest BCUT2D eigenvalue weighted by molar-refractivity contribution is 5.73. The van der Waals surface area contributed by atoms with Gasteiger partial charge >= 0.3 is 0 Å². The van der Waals surface area contributed by atoms with Crippen LogP contribution in [0.1, 0.15) is 77.9 Å². The molecule has 0 saturated carbocycles. The molecule has 490 valence electrons. The van der Waals surface area contributed by atoms with Gasteiger partial charge < -0.3 is 0 Å². The van der Waals surface area contributed by atoms with Crippen LogP contribution in [-0.4, -0.2) is 0 Å². The van der Waals surface area contributed by atoms with Crippen molar-refractivity contribution in [1.82, 2.24) is 0 Å². The average Bonchev–Trinajstić information content (AvgIpc) is 1.32. The third-order valence-electron chi connectivity index (χ3n) is 17.4. The van der Waals surface area contributed by atoms with Crippen molar-refractivity contribution in [1.29, 1.82) is 0 Å². The highest BCUT2D eigenvalue weighted by Crippen LogP contribution is 2.30. The van der Waals surface area contributed by atoms with Crippen molar-refractivity contribution in [3.05, 3.63) is 418 Å². The van der Waals surface area contributed by atoms with Gasteiger partial charge in [-0.3, -0.25) is 0 Å². The fraction of sp³-hybridized carbons (Fsp3) is 0.143. The Morgan fingerprint density at radius 2 is 0.439 bits per heavy atom. The fourth-order valence-electron chi connectivity index (χ4n) is 12.1. The molecule has 0 heterocycles. The van der Waals surface area contributed by atoms with Gasteiger partial charge in [-0.1, -0.05) is 373 Å². The van der Waals surface area contributed by atoms with E-state index in [0.717, 1.165) is 0 Å². The van der Waals surface area contributed by atoms with Crippen molar-refractivity contribution in [3.63, 3.8) is 0 Å². The Morgan fingerprint density at radius 1 is 0.122 bits per heavy atom. The molecule has 0 nitrogen and oxygen atoms in total. The van der Waals surface area contributed by atoms with Crippen LogP contribution >= 0.6 is 0 Å². The standard InChI is InChI=1S/7C14H14/c1-11-5-3-7-13(9-11)14-8-4-6-12(2)10-14;1-11-7-3-5-9-13(11)14-10-6-4-8-12(14)2;1-11-6-5-8-13(10-11)14-9-4-3-7-12(14)2;1-11-7-6-8-12(2)14(11)13-9-4-3-5-10-13;1-11-8-12(2)10-14(9-11)13-6-4-3-5-7-13;1-11-8-9-14(10-12(11)2)13-6-4-3-5-7-13;1-11-8-9-14(12(2)10-11)13-6-4-3-5-7-13/h7*3-10H,1-2H3. The summed E-state index contributed by atoms with van der Waals surface area (Å²) in [5.74, 6) is 0. The lowest BCUT2D eigenvalue weighted by Crippen LogP contribution is -1.86. The van der Waals surface area contributed by atoms with Gasteiger partial charge in [0.2, 0.25) is 0 Å². The largest absolute Gasteiger partial charge is 0.0622 e. The monoisotopic (exact) mass is 1270 g/mol. The van der Waals surface area contributed by atoms with Gasteiger partial charge in [0.05, 0.1) is 0 Å². The quantitative estimate of drug-likeness (QED) is 0.149. The molecule has 0 atom stereocenters. The van der Waals surface area contributed by atoms with E-state index in [9.17, 15) is 0 Å². The van der Waals surface area contributed by atoms with E-state index in [2.05, 4.69) is 418 Å². The number of benzene rings is 14. The van der Waals surface area contributed by atoms with E-state index in [-0.39, 0.29) is 0 Å². The minimum Gasteiger partial charge on any atom is -0.0622 e. The summed E-state index contributed by atoms with van der Waals surface area (Å²) in [6, 6.07) is 120. The molecular weight excluding hydrogens is 1180 g/mol. The molecule has 0 aliphatic rings. The van der Waals surface area contributed by atoms with Crippen molar-refractivity contribution < 1.29 is 0 Å². The van der Waals surface area contributed by atoms with Gasteiger partial charge in [-0.15, -0.1) is 0 Å². The van der Waals surface area contributed by atoms with E-state index in [1.165, 1.54) is 156 Å². The van der Waals surface area contributed by atoms with Crippen LogP contribution in [0.15, 0.2) is 340 Å². The van der Waals surface area contributed by atoms with Gasteiger partial charge in [-0.25, -0.2) is 0 Å². The van der Waals surface area contributed by atoms with Crippen molar-refractivity contribution in [3.8, 4) is 77.9 Å². The number of aryl methyl sites for hydroxylation is 14. The second-order valence-electron chi connectivity index (χ2n) is 25.8. The first-order valence-corrected chi connectivity index (χ1v) is 34.3. The van der Waals surface area contributed by atoms with Gasteiger partial charge in [0.25, 0.3) is 0 Å². The lowest BCUT2D eigenvalue weighted by atomic mass is 9.96. The maximum absolute atomic E-state index is 2.24. The molecule has 0 radical (unpaired) electrons. The van der Waals surface area contributed by atoms with E-state index >= 15 is 0 Å².